The molecule has 6 nitrogen and oxygen atoms in total. The third-order valence-corrected chi connectivity index (χ3v) is 3.58. The zero-order valence-corrected chi connectivity index (χ0v) is 11.9. The van der Waals surface area contributed by atoms with E-state index in [0.717, 1.165) is 11.4 Å². The molecule has 2 N–H and O–H groups in total. The highest BCUT2D eigenvalue weighted by Gasteiger charge is 2.31. The van der Waals surface area contributed by atoms with Gasteiger partial charge >= 0.3 is 0 Å². The Hall–Kier alpha value is -3.02. The molecule has 22 heavy (non-hydrogen) atoms. The summed E-state index contributed by atoms with van der Waals surface area (Å²) < 4.78 is 0. The van der Waals surface area contributed by atoms with Crippen LogP contribution < -0.4 is 9.80 Å². The maximum Gasteiger partial charge on any atom is 0.219 e. The molecule has 112 valence electrons. The minimum Gasteiger partial charge on any atom is -0.409 e. The number of amidine groups is 2. The van der Waals surface area contributed by atoms with E-state index in [9.17, 15) is 10.4 Å². The highest BCUT2D eigenvalue weighted by Crippen LogP contribution is 2.23. The average Bonchev–Trinajstić information content (AvgIpc) is 2.61. The molecule has 1 saturated heterocycles. The molecule has 2 aromatic rings. The van der Waals surface area contributed by atoms with Crippen molar-refractivity contribution in [3.05, 3.63) is 60.7 Å². The largest absolute Gasteiger partial charge is 0.409 e. The Morgan fingerprint density at radius 3 is 1.32 bits per heavy atom. The third kappa shape index (κ3) is 2.46. The lowest BCUT2D eigenvalue weighted by Crippen LogP contribution is -2.55. The lowest BCUT2D eigenvalue weighted by molar-refractivity contribution is 0.311. The fourth-order valence-corrected chi connectivity index (χ4v) is 2.57. The lowest BCUT2D eigenvalue weighted by atomic mass is 10.2. The van der Waals surface area contributed by atoms with Crippen molar-refractivity contribution in [3.63, 3.8) is 0 Å². The van der Waals surface area contributed by atoms with Gasteiger partial charge < -0.3 is 20.2 Å². The number of rotatable bonds is 2. The first kappa shape index (κ1) is 13.9. The van der Waals surface area contributed by atoms with Gasteiger partial charge in [-0.15, -0.1) is 0 Å². The van der Waals surface area contributed by atoms with Gasteiger partial charge in [0.25, 0.3) is 0 Å². The maximum absolute atomic E-state index is 9.42. The van der Waals surface area contributed by atoms with E-state index in [1.54, 1.807) is 0 Å². The summed E-state index contributed by atoms with van der Waals surface area (Å²) in [6, 6.07) is 19.1. The fraction of sp³-hybridized carbons (Fsp3) is 0.125. The van der Waals surface area contributed by atoms with Crippen LogP contribution in [-0.4, -0.2) is 35.2 Å². The van der Waals surface area contributed by atoms with Crippen molar-refractivity contribution in [2.75, 3.05) is 22.9 Å². The first-order valence-corrected chi connectivity index (χ1v) is 6.95. The quantitative estimate of drug-likeness (QED) is 0.660. The van der Waals surface area contributed by atoms with E-state index < -0.39 is 0 Å². The highest BCUT2D eigenvalue weighted by molar-refractivity contribution is 6.50. The summed E-state index contributed by atoms with van der Waals surface area (Å²) in [6.45, 7) is 1.22. The molecule has 2 aromatic carbocycles. The van der Waals surface area contributed by atoms with E-state index in [2.05, 4.69) is 10.3 Å². The van der Waals surface area contributed by atoms with Crippen molar-refractivity contribution in [3.8, 4) is 0 Å². The molecular formula is C16H16N4O2. The van der Waals surface area contributed by atoms with Crippen LogP contribution in [0.1, 0.15) is 0 Å². The summed E-state index contributed by atoms with van der Waals surface area (Å²) in [5.41, 5.74) is 1.76. The molecule has 1 heterocycles. The molecule has 1 aliphatic heterocycles. The second-order valence-electron chi connectivity index (χ2n) is 4.82. The van der Waals surface area contributed by atoms with Crippen molar-refractivity contribution in [1.29, 1.82) is 0 Å². The predicted octanol–water partition coefficient (Wildman–Crippen LogP) is 2.59. The highest BCUT2D eigenvalue weighted by atomic mass is 16.4. The van der Waals surface area contributed by atoms with Crippen LogP contribution in [0.25, 0.3) is 0 Å². The van der Waals surface area contributed by atoms with E-state index >= 15 is 0 Å². The van der Waals surface area contributed by atoms with E-state index in [1.807, 2.05) is 70.5 Å². The van der Waals surface area contributed by atoms with Gasteiger partial charge in [0.2, 0.25) is 11.7 Å². The predicted molar refractivity (Wildman–Crippen MR) is 86.0 cm³/mol. The number of piperazine rings is 1. The van der Waals surface area contributed by atoms with Gasteiger partial charge in [0.1, 0.15) is 0 Å². The number of oxime groups is 2. The summed E-state index contributed by atoms with van der Waals surface area (Å²) in [6.07, 6.45) is 0. The number of nitrogens with zero attached hydrogens (tertiary/aromatic N) is 4. The average molecular weight is 296 g/mol. The molecule has 0 spiro atoms. The molecule has 0 aromatic heterocycles. The monoisotopic (exact) mass is 296 g/mol. The van der Waals surface area contributed by atoms with Crippen molar-refractivity contribution in [1.82, 2.24) is 0 Å². The van der Waals surface area contributed by atoms with E-state index in [-0.39, 0.29) is 11.7 Å². The maximum atomic E-state index is 9.42. The molecule has 0 atom stereocenters. The van der Waals surface area contributed by atoms with Crippen LogP contribution in [0.2, 0.25) is 0 Å². The molecular weight excluding hydrogens is 280 g/mol. The number of hydrogen-bond donors (Lipinski definition) is 2. The Kier molecular flexibility index (Phi) is 3.91. The van der Waals surface area contributed by atoms with Crippen molar-refractivity contribution in [2.24, 2.45) is 10.3 Å². The minimum absolute atomic E-state index is 0.212. The van der Waals surface area contributed by atoms with Crippen LogP contribution in [0.5, 0.6) is 0 Å². The first-order valence-electron chi connectivity index (χ1n) is 6.95. The summed E-state index contributed by atoms with van der Waals surface area (Å²) in [7, 11) is 0. The smallest absolute Gasteiger partial charge is 0.219 e. The third-order valence-electron chi connectivity index (χ3n) is 3.58. The van der Waals surface area contributed by atoms with Crippen molar-refractivity contribution >= 4 is 23.0 Å². The summed E-state index contributed by atoms with van der Waals surface area (Å²) >= 11 is 0. The Morgan fingerprint density at radius 2 is 1.00 bits per heavy atom. The van der Waals surface area contributed by atoms with Gasteiger partial charge in [0.05, 0.1) is 0 Å². The summed E-state index contributed by atoms with van der Waals surface area (Å²) in [4.78, 5) is 3.63. The van der Waals surface area contributed by atoms with Crippen LogP contribution in [0.4, 0.5) is 11.4 Å². The molecule has 0 radical (unpaired) electrons. The van der Waals surface area contributed by atoms with Crippen LogP contribution in [0.15, 0.2) is 71.0 Å². The van der Waals surface area contributed by atoms with Gasteiger partial charge in [0.15, 0.2) is 0 Å². The molecule has 0 bridgehead atoms. The number of hydrogen-bond acceptors (Lipinski definition) is 4. The molecule has 0 aliphatic carbocycles. The Balaban J connectivity index is 1.97. The van der Waals surface area contributed by atoms with Crippen LogP contribution in [0, 0.1) is 0 Å². The summed E-state index contributed by atoms with van der Waals surface area (Å²) in [5.74, 6) is 0.424. The zero-order chi connectivity index (χ0) is 15.4. The molecule has 1 aliphatic rings. The van der Waals surface area contributed by atoms with Gasteiger partial charge in [-0.3, -0.25) is 0 Å². The van der Waals surface area contributed by atoms with Gasteiger partial charge in [-0.05, 0) is 24.3 Å². The van der Waals surface area contributed by atoms with Gasteiger partial charge in [0, 0.05) is 24.5 Å². The first-order chi connectivity index (χ1) is 10.8. The topological polar surface area (TPSA) is 71.7 Å². The molecule has 0 unspecified atom stereocenters. The van der Waals surface area contributed by atoms with Crippen LogP contribution in [0.3, 0.4) is 0 Å². The summed E-state index contributed by atoms with van der Waals surface area (Å²) in [5, 5.41) is 25.5. The molecule has 6 heteroatoms. The van der Waals surface area contributed by atoms with Crippen LogP contribution >= 0.6 is 0 Å². The Bertz CT molecular complexity index is 624. The van der Waals surface area contributed by atoms with Crippen molar-refractivity contribution < 1.29 is 10.4 Å². The van der Waals surface area contributed by atoms with Gasteiger partial charge in [-0.1, -0.05) is 46.7 Å². The fourth-order valence-electron chi connectivity index (χ4n) is 2.57. The van der Waals surface area contributed by atoms with Gasteiger partial charge in [-0.25, -0.2) is 0 Å². The SMILES string of the molecule is ON=C1/C(=N\O)N(c2ccccc2)CCN1c1ccccc1. The molecule has 1 fully saturated rings. The Morgan fingerprint density at radius 1 is 0.636 bits per heavy atom. The number of para-hydroxylation sites is 2. The van der Waals surface area contributed by atoms with Gasteiger partial charge in [-0.2, -0.15) is 0 Å². The number of benzene rings is 2. The second kappa shape index (κ2) is 6.17. The zero-order valence-electron chi connectivity index (χ0n) is 11.9. The van der Waals surface area contributed by atoms with Crippen molar-refractivity contribution in [2.45, 2.75) is 0 Å². The van der Waals surface area contributed by atoms with E-state index in [0.29, 0.717) is 13.1 Å². The van der Waals surface area contributed by atoms with E-state index in [1.165, 1.54) is 0 Å². The molecule has 0 saturated carbocycles. The minimum atomic E-state index is 0.212. The van der Waals surface area contributed by atoms with Crippen LogP contribution in [-0.2, 0) is 0 Å². The Labute approximate surface area is 128 Å². The lowest BCUT2D eigenvalue weighted by Gasteiger charge is -2.37. The van der Waals surface area contributed by atoms with E-state index in [4.69, 9.17) is 0 Å². The molecule has 0 amide bonds. The second-order valence-corrected chi connectivity index (χ2v) is 4.82. The molecule has 3 rings (SSSR count). The standard InChI is InChI=1S/C16H16N4O2/c21-17-15-16(18-22)20(14-9-5-2-6-10-14)12-11-19(15)13-7-3-1-4-8-13/h1-10,21-22H,11-12H2/b17-15+,18-16?. The number of anilines is 2. The normalized spacial score (nSPS) is 18.9.